The van der Waals surface area contributed by atoms with Gasteiger partial charge in [-0.1, -0.05) is 0 Å². The summed E-state index contributed by atoms with van der Waals surface area (Å²) in [4.78, 5) is 6.58. The Kier molecular flexibility index (Phi) is 5.89. The van der Waals surface area contributed by atoms with Crippen LogP contribution in [0, 0.1) is 0 Å². The van der Waals surface area contributed by atoms with E-state index in [0.29, 0.717) is 17.6 Å². The van der Waals surface area contributed by atoms with Gasteiger partial charge in [0.2, 0.25) is 5.88 Å². The molecule has 0 amide bonds. The van der Waals surface area contributed by atoms with Gasteiger partial charge in [0.05, 0.1) is 11.8 Å². The quantitative estimate of drug-likeness (QED) is 0.792. The topological polar surface area (TPSA) is 63.4 Å². The summed E-state index contributed by atoms with van der Waals surface area (Å²) in [6.45, 7) is 7.10. The van der Waals surface area contributed by atoms with Crippen molar-refractivity contribution in [3.05, 3.63) is 12.1 Å². The average molecular weight is 266 g/mol. The molecule has 1 aromatic heterocycles. The molecule has 0 aromatic carbocycles. The van der Waals surface area contributed by atoms with Crippen molar-refractivity contribution in [2.45, 2.75) is 39.3 Å². The van der Waals surface area contributed by atoms with Crippen LogP contribution >= 0.6 is 0 Å². The maximum atomic E-state index is 5.84. The van der Waals surface area contributed by atoms with Gasteiger partial charge in [-0.05, 0) is 60.0 Å². The number of nitrogen functional groups attached to an aromatic ring is 1. The Morgan fingerprint density at radius 2 is 2.00 bits per heavy atom. The highest BCUT2D eigenvalue weighted by molar-refractivity contribution is 5.53. The maximum absolute atomic E-state index is 5.84. The van der Waals surface area contributed by atoms with Crippen LogP contribution < -0.4 is 15.8 Å². The number of pyridine rings is 1. The van der Waals surface area contributed by atoms with Crippen LogP contribution in [0.5, 0.6) is 5.88 Å². The summed E-state index contributed by atoms with van der Waals surface area (Å²) >= 11 is 0. The summed E-state index contributed by atoms with van der Waals surface area (Å²) in [6, 6.07) is 4.06. The van der Waals surface area contributed by atoms with Gasteiger partial charge in [-0.15, -0.1) is 0 Å². The molecule has 0 saturated heterocycles. The van der Waals surface area contributed by atoms with E-state index in [-0.39, 0.29) is 6.10 Å². The Morgan fingerprint density at radius 3 is 2.58 bits per heavy atom. The number of aromatic nitrogens is 1. The number of nitrogens with zero attached hydrogens (tertiary/aromatic N) is 2. The standard InChI is InChI=1S/C14H26N4O/c1-10(2)19-14-12(15)6-7-13(17-14)16-11(3)8-9-18(4)5/h6-7,10-11H,8-9,15H2,1-5H3,(H,16,17). The molecule has 19 heavy (non-hydrogen) atoms. The molecule has 1 unspecified atom stereocenters. The minimum Gasteiger partial charge on any atom is -0.473 e. The van der Waals surface area contributed by atoms with Gasteiger partial charge in [0, 0.05) is 6.04 Å². The molecule has 0 saturated carbocycles. The van der Waals surface area contributed by atoms with E-state index in [1.165, 1.54) is 0 Å². The molecule has 0 bridgehead atoms. The average Bonchev–Trinajstić information content (AvgIpc) is 2.30. The minimum atomic E-state index is 0.0659. The molecule has 0 aliphatic heterocycles. The largest absolute Gasteiger partial charge is 0.473 e. The second kappa shape index (κ2) is 7.19. The first kappa shape index (κ1) is 15.6. The predicted molar refractivity (Wildman–Crippen MR) is 80.7 cm³/mol. The molecule has 0 aliphatic rings. The van der Waals surface area contributed by atoms with Crippen LogP contribution in [0.4, 0.5) is 11.5 Å². The van der Waals surface area contributed by atoms with Crippen molar-refractivity contribution in [2.24, 2.45) is 0 Å². The van der Waals surface area contributed by atoms with Gasteiger partial charge in [-0.2, -0.15) is 4.98 Å². The molecule has 108 valence electrons. The Labute approximate surface area is 116 Å². The van der Waals surface area contributed by atoms with Gasteiger partial charge < -0.3 is 20.7 Å². The summed E-state index contributed by atoms with van der Waals surface area (Å²) in [5.74, 6) is 1.30. The fourth-order valence-corrected chi connectivity index (χ4v) is 1.63. The van der Waals surface area contributed by atoms with Gasteiger partial charge in [0.1, 0.15) is 5.82 Å². The molecule has 1 heterocycles. The monoisotopic (exact) mass is 266 g/mol. The number of nitrogens with two attached hydrogens (primary N) is 1. The molecule has 0 aliphatic carbocycles. The van der Waals surface area contributed by atoms with E-state index in [4.69, 9.17) is 10.5 Å². The van der Waals surface area contributed by atoms with E-state index in [9.17, 15) is 0 Å². The summed E-state index contributed by atoms with van der Waals surface area (Å²) < 4.78 is 5.58. The predicted octanol–water partition coefficient (Wildman–Crippen LogP) is 2.20. The van der Waals surface area contributed by atoms with Crippen molar-refractivity contribution in [2.75, 3.05) is 31.7 Å². The fraction of sp³-hybridized carbons (Fsp3) is 0.643. The maximum Gasteiger partial charge on any atom is 0.239 e. The number of hydrogen-bond donors (Lipinski definition) is 2. The third kappa shape index (κ3) is 5.79. The zero-order valence-electron chi connectivity index (χ0n) is 12.6. The summed E-state index contributed by atoms with van der Waals surface area (Å²) in [7, 11) is 4.14. The highest BCUT2D eigenvalue weighted by Crippen LogP contribution is 2.22. The highest BCUT2D eigenvalue weighted by Gasteiger charge is 2.08. The second-order valence-corrected chi connectivity index (χ2v) is 5.39. The lowest BCUT2D eigenvalue weighted by Gasteiger charge is -2.18. The van der Waals surface area contributed by atoms with Crippen LogP contribution in [0.3, 0.4) is 0 Å². The van der Waals surface area contributed by atoms with E-state index in [1.54, 1.807) is 0 Å². The fourth-order valence-electron chi connectivity index (χ4n) is 1.63. The van der Waals surface area contributed by atoms with Crippen molar-refractivity contribution in [1.29, 1.82) is 0 Å². The van der Waals surface area contributed by atoms with Gasteiger partial charge >= 0.3 is 0 Å². The molecule has 0 fully saturated rings. The van der Waals surface area contributed by atoms with E-state index in [0.717, 1.165) is 18.8 Å². The second-order valence-electron chi connectivity index (χ2n) is 5.39. The molecule has 5 nitrogen and oxygen atoms in total. The van der Waals surface area contributed by atoms with E-state index >= 15 is 0 Å². The number of hydrogen-bond acceptors (Lipinski definition) is 5. The molecule has 1 rings (SSSR count). The summed E-state index contributed by atoms with van der Waals surface area (Å²) in [5, 5.41) is 3.36. The number of anilines is 2. The van der Waals surface area contributed by atoms with Gasteiger partial charge in [0.25, 0.3) is 0 Å². The third-order valence-electron chi connectivity index (χ3n) is 2.64. The number of ether oxygens (including phenoxy) is 1. The van der Waals surface area contributed by atoms with Crippen molar-refractivity contribution < 1.29 is 4.74 Å². The first-order valence-corrected chi connectivity index (χ1v) is 6.73. The molecule has 5 heteroatoms. The molecular weight excluding hydrogens is 240 g/mol. The van der Waals surface area contributed by atoms with Crippen molar-refractivity contribution in [1.82, 2.24) is 9.88 Å². The lowest BCUT2D eigenvalue weighted by Crippen LogP contribution is -2.23. The molecular formula is C14H26N4O. The third-order valence-corrected chi connectivity index (χ3v) is 2.64. The van der Waals surface area contributed by atoms with Crippen LogP contribution in [0.15, 0.2) is 12.1 Å². The number of nitrogens with one attached hydrogen (secondary N) is 1. The zero-order valence-corrected chi connectivity index (χ0v) is 12.6. The summed E-state index contributed by atoms with van der Waals surface area (Å²) in [6.07, 6.45) is 1.12. The smallest absolute Gasteiger partial charge is 0.239 e. The lowest BCUT2D eigenvalue weighted by atomic mass is 10.2. The molecule has 1 aromatic rings. The van der Waals surface area contributed by atoms with Gasteiger partial charge in [-0.3, -0.25) is 0 Å². The molecule has 3 N–H and O–H groups in total. The van der Waals surface area contributed by atoms with Crippen LogP contribution in [-0.2, 0) is 0 Å². The lowest BCUT2D eigenvalue weighted by molar-refractivity contribution is 0.234. The highest BCUT2D eigenvalue weighted by atomic mass is 16.5. The first-order chi connectivity index (χ1) is 8.88. The van der Waals surface area contributed by atoms with Crippen LogP contribution in [0.2, 0.25) is 0 Å². The molecule has 1 atom stereocenters. The Hall–Kier alpha value is -1.49. The molecule has 0 spiro atoms. The SMILES string of the molecule is CC(CCN(C)C)Nc1ccc(N)c(OC(C)C)n1. The Morgan fingerprint density at radius 1 is 1.32 bits per heavy atom. The Balaban J connectivity index is 2.63. The van der Waals surface area contributed by atoms with Gasteiger partial charge in [0.15, 0.2) is 0 Å². The van der Waals surface area contributed by atoms with E-state index in [2.05, 4.69) is 36.2 Å². The summed E-state index contributed by atoms with van der Waals surface area (Å²) in [5.41, 5.74) is 6.41. The zero-order chi connectivity index (χ0) is 14.4. The van der Waals surface area contributed by atoms with E-state index in [1.807, 2.05) is 26.0 Å². The number of rotatable bonds is 7. The normalized spacial score (nSPS) is 12.8. The molecule has 0 radical (unpaired) electrons. The van der Waals surface area contributed by atoms with Crippen molar-refractivity contribution >= 4 is 11.5 Å². The minimum absolute atomic E-state index is 0.0659. The Bertz CT molecular complexity index is 393. The van der Waals surface area contributed by atoms with Gasteiger partial charge in [-0.25, -0.2) is 0 Å². The van der Waals surface area contributed by atoms with E-state index < -0.39 is 0 Å². The first-order valence-electron chi connectivity index (χ1n) is 6.73. The van der Waals surface area contributed by atoms with Crippen molar-refractivity contribution in [3.63, 3.8) is 0 Å². The van der Waals surface area contributed by atoms with Crippen molar-refractivity contribution in [3.8, 4) is 5.88 Å². The van der Waals surface area contributed by atoms with Crippen LogP contribution in [0.25, 0.3) is 0 Å². The van der Waals surface area contributed by atoms with Crippen LogP contribution in [0.1, 0.15) is 27.2 Å². The van der Waals surface area contributed by atoms with Crippen LogP contribution in [-0.4, -0.2) is 42.7 Å².